The van der Waals surface area contributed by atoms with Gasteiger partial charge in [0.15, 0.2) is 6.10 Å². The van der Waals surface area contributed by atoms with E-state index in [1.54, 1.807) is 0 Å². The van der Waals surface area contributed by atoms with Gasteiger partial charge < -0.3 is 23.7 Å². The fourth-order valence-corrected chi connectivity index (χ4v) is 9.84. The molecule has 0 amide bonds. The minimum atomic E-state index is -0.867. The number of allylic oxidation sites excluding steroid dienone is 4. The van der Waals surface area contributed by atoms with Gasteiger partial charge in [-0.25, -0.2) is 0 Å². The number of hydrogen-bond acceptors (Lipinski definition) is 12. The first kappa shape index (κ1) is 67.5. The van der Waals surface area contributed by atoms with Crippen LogP contribution in [0.2, 0.25) is 0 Å². The van der Waals surface area contributed by atoms with Gasteiger partial charge in [0.25, 0.3) is 5.88 Å². The van der Waals surface area contributed by atoms with Gasteiger partial charge in [0, 0.05) is 37.7 Å². The maximum absolute atomic E-state index is 13.0. The van der Waals surface area contributed by atoms with E-state index in [-0.39, 0.29) is 44.3 Å². The van der Waals surface area contributed by atoms with Crippen molar-refractivity contribution in [2.75, 3.05) is 46.7 Å². The molecule has 0 spiro atoms. The molecule has 2 rings (SSSR count). The van der Waals surface area contributed by atoms with Crippen molar-refractivity contribution in [3.05, 3.63) is 36.1 Å². The number of likely N-dealkylation sites (N-methyl/N-ethyl adjacent to an activating group) is 1. The molecule has 0 N–H and O–H groups in total. The summed E-state index contributed by atoms with van der Waals surface area (Å²) in [5.74, 6) is -0.715. The molecule has 0 radical (unpaired) electrons. The van der Waals surface area contributed by atoms with E-state index in [1.165, 1.54) is 127 Å². The van der Waals surface area contributed by atoms with Gasteiger partial charge in [0.2, 0.25) is 6.73 Å². The van der Waals surface area contributed by atoms with E-state index in [1.807, 2.05) is 0 Å². The predicted molar refractivity (Wildman–Crippen MR) is 307 cm³/mol. The zero-order chi connectivity index (χ0) is 54.1. The van der Waals surface area contributed by atoms with Crippen LogP contribution in [-0.4, -0.2) is 89.9 Å². The van der Waals surface area contributed by atoms with Crippen LogP contribution in [0.3, 0.4) is 0 Å². The monoisotopic (exact) mass is 1070 g/mol. The third kappa shape index (κ3) is 38.6. The largest absolute Gasteiger partial charge is 0.475 e. The minimum Gasteiger partial charge on any atom is -0.475 e. The van der Waals surface area contributed by atoms with Gasteiger partial charge in [0.05, 0.1) is 31.9 Å². The molecular formula is C62H108N3O9S+. The first-order valence-corrected chi connectivity index (χ1v) is 31.4. The Hall–Kier alpha value is -3.58. The summed E-state index contributed by atoms with van der Waals surface area (Å²) < 4.78 is 38.2. The predicted octanol–water partition coefficient (Wildman–Crippen LogP) is 16.6. The Kier molecular flexibility index (Phi) is 42.9. The number of carbonyl (C=O) groups excluding carboxylic acids is 4. The second kappa shape index (κ2) is 47.6. The Labute approximate surface area is 461 Å². The van der Waals surface area contributed by atoms with Crippen LogP contribution in [0.15, 0.2) is 30.4 Å². The summed E-state index contributed by atoms with van der Waals surface area (Å²) in [6.07, 6.45) is 50.6. The molecule has 1 atom stereocenters. The second-order valence-electron chi connectivity index (χ2n) is 21.6. The lowest BCUT2D eigenvalue weighted by atomic mass is 10.1. The van der Waals surface area contributed by atoms with Crippen molar-refractivity contribution in [2.45, 2.75) is 277 Å². The molecule has 0 aromatic carbocycles. The fraction of sp³-hybridized carbons (Fsp3) is 0.806. The number of hydrogen-bond donors (Lipinski definition) is 0. The van der Waals surface area contributed by atoms with Crippen molar-refractivity contribution >= 4 is 41.2 Å². The average molecular weight is 1070 g/mol. The quantitative estimate of drug-likeness (QED) is 0.0202. The summed E-state index contributed by atoms with van der Waals surface area (Å²) in [6, 6.07) is 0. The summed E-state index contributed by atoms with van der Waals surface area (Å²) in [7, 11) is 2.10. The third-order valence-electron chi connectivity index (χ3n) is 14.1. The van der Waals surface area contributed by atoms with E-state index < -0.39 is 12.1 Å². The molecule has 430 valence electrons. The Morgan fingerprint density at radius 3 is 1.39 bits per heavy atom. The summed E-state index contributed by atoms with van der Waals surface area (Å²) in [6.45, 7) is 8.87. The number of carbonyl (C=O) groups is 4. The van der Waals surface area contributed by atoms with Crippen LogP contribution in [-0.2, 0) is 38.1 Å². The first-order chi connectivity index (χ1) is 36.7. The average Bonchev–Trinajstić information content (AvgIpc) is 3.88. The number of unbranched alkanes of at least 4 members (excludes halogenated alkanes) is 28. The van der Waals surface area contributed by atoms with Gasteiger partial charge in [-0.3, -0.25) is 23.7 Å². The Balaban J connectivity index is 1.68. The van der Waals surface area contributed by atoms with Crippen LogP contribution in [0.25, 0.3) is 5.57 Å². The highest BCUT2D eigenvalue weighted by atomic mass is 32.1. The SMILES string of the molecule is CCCCCCCC/C=C\CCCCCCCC(=O)OCC(COC(=O)CCCCCCC/C=C\CCCCCCCC)OC(=O)CCCCCCC(=O)OC[N+]1(C)CCC=C(c2nsnc2OCCCCCC)C1. The lowest BCUT2D eigenvalue weighted by molar-refractivity contribution is -0.919. The fourth-order valence-electron chi connectivity index (χ4n) is 9.31. The number of rotatable bonds is 51. The van der Waals surface area contributed by atoms with E-state index in [2.05, 4.69) is 66.9 Å². The van der Waals surface area contributed by atoms with Crippen LogP contribution in [0.4, 0.5) is 0 Å². The van der Waals surface area contributed by atoms with E-state index in [0.29, 0.717) is 55.6 Å². The number of nitrogens with zero attached hydrogens (tertiary/aromatic N) is 3. The lowest BCUT2D eigenvalue weighted by Crippen LogP contribution is -2.49. The van der Waals surface area contributed by atoms with Gasteiger partial charge >= 0.3 is 23.9 Å². The Morgan fingerprint density at radius 2 is 0.920 bits per heavy atom. The molecular weight excluding hydrogens is 963 g/mol. The van der Waals surface area contributed by atoms with E-state index in [9.17, 15) is 19.2 Å². The van der Waals surface area contributed by atoms with Gasteiger partial charge in [0.1, 0.15) is 25.5 Å². The highest BCUT2D eigenvalue weighted by molar-refractivity contribution is 6.99. The van der Waals surface area contributed by atoms with Crippen molar-refractivity contribution < 1.29 is 47.3 Å². The molecule has 1 unspecified atom stereocenters. The minimum absolute atomic E-state index is 0.148. The van der Waals surface area contributed by atoms with Crippen molar-refractivity contribution in [3.8, 4) is 5.88 Å². The van der Waals surface area contributed by atoms with Gasteiger partial charge in [-0.15, -0.1) is 4.37 Å². The van der Waals surface area contributed by atoms with Gasteiger partial charge in [-0.1, -0.05) is 186 Å². The number of aromatic nitrogens is 2. The van der Waals surface area contributed by atoms with Crippen LogP contribution >= 0.6 is 11.7 Å². The molecule has 12 nitrogen and oxygen atoms in total. The molecule has 1 aromatic heterocycles. The molecule has 1 aliphatic rings. The zero-order valence-corrected chi connectivity index (χ0v) is 49.0. The number of quaternary nitrogens is 1. The Bertz CT molecular complexity index is 1620. The highest BCUT2D eigenvalue weighted by Crippen LogP contribution is 2.30. The summed E-state index contributed by atoms with van der Waals surface area (Å²) in [5, 5.41) is 0. The molecule has 0 saturated carbocycles. The lowest BCUT2D eigenvalue weighted by Gasteiger charge is -2.36. The van der Waals surface area contributed by atoms with Crippen molar-refractivity contribution in [1.82, 2.24) is 8.75 Å². The van der Waals surface area contributed by atoms with E-state index in [4.69, 9.17) is 23.7 Å². The van der Waals surface area contributed by atoms with Crippen molar-refractivity contribution in [3.63, 3.8) is 0 Å². The molecule has 75 heavy (non-hydrogen) atoms. The van der Waals surface area contributed by atoms with Gasteiger partial charge in [-0.05, 0) is 83.5 Å². The first-order valence-electron chi connectivity index (χ1n) is 30.6. The molecule has 0 saturated heterocycles. The van der Waals surface area contributed by atoms with E-state index >= 15 is 0 Å². The number of ether oxygens (including phenoxy) is 5. The molecule has 1 aliphatic heterocycles. The summed E-state index contributed by atoms with van der Waals surface area (Å²) >= 11 is 1.17. The molecule has 2 heterocycles. The second-order valence-corrected chi connectivity index (χ2v) is 22.1. The molecule has 0 aliphatic carbocycles. The Morgan fingerprint density at radius 1 is 0.520 bits per heavy atom. The zero-order valence-electron chi connectivity index (χ0n) is 48.2. The van der Waals surface area contributed by atoms with E-state index in [0.717, 1.165) is 114 Å². The van der Waals surface area contributed by atoms with Crippen LogP contribution in [0.1, 0.15) is 277 Å². The topological polar surface area (TPSA) is 140 Å². The van der Waals surface area contributed by atoms with Gasteiger partial charge in [-0.2, -0.15) is 4.37 Å². The summed E-state index contributed by atoms with van der Waals surface area (Å²) in [5.41, 5.74) is 1.88. The summed E-state index contributed by atoms with van der Waals surface area (Å²) in [4.78, 5) is 51.2. The normalized spacial score (nSPS) is 14.7. The highest BCUT2D eigenvalue weighted by Gasteiger charge is 2.31. The maximum atomic E-state index is 13.0. The molecule has 1 aromatic rings. The maximum Gasteiger partial charge on any atom is 0.310 e. The van der Waals surface area contributed by atoms with Crippen molar-refractivity contribution in [1.29, 1.82) is 0 Å². The molecule has 13 heteroatoms. The standard InChI is InChI=1S/C62H108N3O9S/c1-5-8-11-14-16-18-20-22-24-26-28-30-32-34-38-45-57(66)71-52-56(53-72-58(67)46-39-35-33-31-29-27-25-23-21-19-17-15-12-9-6-2)74-60(69)48-41-37-36-40-47-59(68)73-54-65(4)49-43-44-55(51-65)61-62(64-75-63-61)70-50-42-13-10-7-3/h22-25,44,56H,5-21,26-43,45-54H2,1-4H3/q+1/b24-22-,25-23-. The van der Waals surface area contributed by atoms with Crippen LogP contribution in [0.5, 0.6) is 5.88 Å². The van der Waals surface area contributed by atoms with Crippen molar-refractivity contribution in [2.24, 2.45) is 0 Å². The molecule has 0 fully saturated rings. The number of esters is 4. The van der Waals surface area contributed by atoms with Crippen LogP contribution in [0, 0.1) is 0 Å². The smallest absolute Gasteiger partial charge is 0.310 e. The molecule has 0 bridgehead atoms. The van der Waals surface area contributed by atoms with Crippen LogP contribution < -0.4 is 4.74 Å². The third-order valence-corrected chi connectivity index (χ3v) is 14.6.